The minimum atomic E-state index is 0.393. The second-order valence-corrected chi connectivity index (χ2v) is 2.31. The van der Waals surface area contributed by atoms with Crippen molar-refractivity contribution >= 4 is 0 Å². The summed E-state index contributed by atoms with van der Waals surface area (Å²) in [7, 11) is 0. The minimum Gasteiger partial charge on any atom is -0.320 e. The highest BCUT2D eigenvalue weighted by atomic mass is 15.1. The molecule has 1 aromatic heterocycles. The van der Waals surface area contributed by atoms with E-state index in [-0.39, 0.29) is 0 Å². The third-order valence-corrected chi connectivity index (χ3v) is 1.44. The van der Waals surface area contributed by atoms with Crippen molar-refractivity contribution in [3.8, 4) is 11.8 Å². The molecule has 0 aromatic carbocycles. The first kappa shape index (κ1) is 7.83. The molecule has 0 saturated carbocycles. The van der Waals surface area contributed by atoms with Gasteiger partial charge in [0, 0.05) is 5.69 Å². The molecule has 0 aliphatic rings. The molecule has 58 valence electrons. The van der Waals surface area contributed by atoms with E-state index in [1.54, 1.807) is 0 Å². The first-order chi connectivity index (χ1) is 5.25. The van der Waals surface area contributed by atoms with Gasteiger partial charge in [0.15, 0.2) is 0 Å². The van der Waals surface area contributed by atoms with Gasteiger partial charge in [-0.3, -0.25) is 5.10 Å². The average Bonchev–Trinajstić information content (AvgIpc) is 2.29. The van der Waals surface area contributed by atoms with Crippen LogP contribution in [0.3, 0.4) is 0 Å². The maximum absolute atomic E-state index is 5.24. The van der Waals surface area contributed by atoms with Gasteiger partial charge in [-0.1, -0.05) is 11.8 Å². The Balaban J connectivity index is 3.01. The maximum Gasteiger partial charge on any atom is 0.0750 e. The second-order valence-electron chi connectivity index (χ2n) is 2.31. The fourth-order valence-corrected chi connectivity index (χ4v) is 0.874. The first-order valence-electron chi connectivity index (χ1n) is 3.46. The summed E-state index contributed by atoms with van der Waals surface area (Å²) in [5.74, 6) is 5.74. The van der Waals surface area contributed by atoms with E-state index in [4.69, 9.17) is 5.73 Å². The lowest BCUT2D eigenvalue weighted by Gasteiger charge is -1.85. The predicted molar refractivity (Wildman–Crippen MR) is 44.0 cm³/mol. The summed E-state index contributed by atoms with van der Waals surface area (Å²) >= 11 is 0. The number of nitrogens with two attached hydrogens (primary N) is 1. The zero-order chi connectivity index (χ0) is 8.27. The summed E-state index contributed by atoms with van der Waals surface area (Å²) in [6.07, 6.45) is 0. The third kappa shape index (κ3) is 1.60. The van der Waals surface area contributed by atoms with E-state index in [1.165, 1.54) is 0 Å². The number of aromatic nitrogens is 2. The van der Waals surface area contributed by atoms with Gasteiger partial charge in [0.05, 0.1) is 17.8 Å². The Morgan fingerprint density at radius 2 is 2.27 bits per heavy atom. The van der Waals surface area contributed by atoms with Crippen molar-refractivity contribution in [3.05, 3.63) is 17.0 Å². The molecule has 0 atom stereocenters. The van der Waals surface area contributed by atoms with Gasteiger partial charge < -0.3 is 5.73 Å². The number of rotatable bonds is 0. The number of hydrogen-bond donors (Lipinski definition) is 2. The predicted octanol–water partition coefficient (Wildman–Crippen LogP) is 0.337. The molecular formula is C8H11N3. The van der Waals surface area contributed by atoms with Crippen LogP contribution in [-0.2, 0) is 0 Å². The molecule has 1 aromatic rings. The van der Waals surface area contributed by atoms with E-state index in [1.807, 2.05) is 13.8 Å². The van der Waals surface area contributed by atoms with E-state index in [0.717, 1.165) is 17.0 Å². The number of aryl methyl sites for hydroxylation is 2. The summed E-state index contributed by atoms with van der Waals surface area (Å²) < 4.78 is 0. The number of nitrogens with zero attached hydrogens (tertiary/aromatic N) is 1. The molecular weight excluding hydrogens is 138 g/mol. The number of aromatic amines is 1. The van der Waals surface area contributed by atoms with Crippen molar-refractivity contribution in [3.63, 3.8) is 0 Å². The van der Waals surface area contributed by atoms with E-state index < -0.39 is 0 Å². The van der Waals surface area contributed by atoms with E-state index in [2.05, 4.69) is 22.0 Å². The lowest BCUT2D eigenvalue weighted by Crippen LogP contribution is -1.93. The van der Waals surface area contributed by atoms with Crippen molar-refractivity contribution in [1.82, 2.24) is 10.2 Å². The highest BCUT2D eigenvalue weighted by Crippen LogP contribution is 2.05. The van der Waals surface area contributed by atoms with Gasteiger partial charge in [-0.2, -0.15) is 5.10 Å². The van der Waals surface area contributed by atoms with Crippen LogP contribution in [0.15, 0.2) is 0 Å². The van der Waals surface area contributed by atoms with Gasteiger partial charge in [-0.25, -0.2) is 0 Å². The second kappa shape index (κ2) is 3.22. The smallest absolute Gasteiger partial charge is 0.0750 e. The molecule has 0 unspecified atom stereocenters. The molecule has 1 heterocycles. The summed E-state index contributed by atoms with van der Waals surface area (Å²) in [4.78, 5) is 0. The number of H-pyrrole nitrogens is 1. The van der Waals surface area contributed by atoms with E-state index >= 15 is 0 Å². The van der Waals surface area contributed by atoms with Crippen LogP contribution >= 0.6 is 0 Å². The largest absolute Gasteiger partial charge is 0.320 e. The Hall–Kier alpha value is -1.27. The minimum absolute atomic E-state index is 0.393. The van der Waals surface area contributed by atoms with Gasteiger partial charge in [-0.15, -0.1) is 0 Å². The van der Waals surface area contributed by atoms with Crippen molar-refractivity contribution in [2.75, 3.05) is 6.54 Å². The molecule has 3 heteroatoms. The Labute approximate surface area is 66.0 Å². The Bertz CT molecular complexity index is 281. The Morgan fingerprint density at radius 3 is 2.73 bits per heavy atom. The molecule has 0 saturated heterocycles. The number of nitrogens with one attached hydrogen (secondary N) is 1. The highest BCUT2D eigenvalue weighted by Gasteiger charge is 2.00. The van der Waals surface area contributed by atoms with Crippen LogP contribution in [0.1, 0.15) is 17.0 Å². The third-order valence-electron chi connectivity index (χ3n) is 1.44. The standard InChI is InChI=1S/C8H11N3/c1-6-8(4-3-5-9)7(2)11-10-6/h5,9H2,1-2H3,(H,10,11). The van der Waals surface area contributed by atoms with Crippen molar-refractivity contribution in [2.45, 2.75) is 13.8 Å². The van der Waals surface area contributed by atoms with Crippen molar-refractivity contribution in [2.24, 2.45) is 5.73 Å². The maximum atomic E-state index is 5.24. The quantitative estimate of drug-likeness (QED) is 0.522. The Morgan fingerprint density at radius 1 is 1.55 bits per heavy atom. The average molecular weight is 149 g/mol. The summed E-state index contributed by atoms with van der Waals surface area (Å²) in [5.41, 5.74) is 8.15. The molecule has 11 heavy (non-hydrogen) atoms. The van der Waals surface area contributed by atoms with Gasteiger partial charge in [0.1, 0.15) is 0 Å². The SMILES string of the molecule is Cc1n[nH]c(C)c1C#CCN. The normalized spacial score (nSPS) is 9.00. The zero-order valence-corrected chi connectivity index (χ0v) is 6.73. The first-order valence-corrected chi connectivity index (χ1v) is 3.46. The van der Waals surface area contributed by atoms with E-state index in [9.17, 15) is 0 Å². The van der Waals surface area contributed by atoms with Crippen molar-refractivity contribution in [1.29, 1.82) is 0 Å². The van der Waals surface area contributed by atoms with Crippen LogP contribution in [0.4, 0.5) is 0 Å². The fraction of sp³-hybridized carbons (Fsp3) is 0.375. The van der Waals surface area contributed by atoms with Crippen LogP contribution in [0, 0.1) is 25.7 Å². The molecule has 0 aliphatic heterocycles. The summed E-state index contributed by atoms with van der Waals surface area (Å²) in [6.45, 7) is 4.26. The molecule has 0 fully saturated rings. The highest BCUT2D eigenvalue weighted by molar-refractivity contribution is 5.40. The molecule has 0 spiro atoms. The zero-order valence-electron chi connectivity index (χ0n) is 6.73. The molecule has 1 rings (SSSR count). The summed E-state index contributed by atoms with van der Waals surface area (Å²) in [6, 6.07) is 0. The van der Waals surface area contributed by atoms with Crippen LogP contribution < -0.4 is 5.73 Å². The van der Waals surface area contributed by atoms with Crippen LogP contribution in [0.5, 0.6) is 0 Å². The molecule has 0 aliphatic carbocycles. The van der Waals surface area contributed by atoms with Crippen molar-refractivity contribution < 1.29 is 0 Å². The number of hydrogen-bond acceptors (Lipinski definition) is 2. The summed E-state index contributed by atoms with van der Waals surface area (Å²) in [5, 5.41) is 6.85. The lowest BCUT2D eigenvalue weighted by atomic mass is 10.2. The van der Waals surface area contributed by atoms with Crippen LogP contribution in [0.25, 0.3) is 0 Å². The monoisotopic (exact) mass is 149 g/mol. The van der Waals surface area contributed by atoms with Gasteiger partial charge >= 0.3 is 0 Å². The fourth-order valence-electron chi connectivity index (χ4n) is 0.874. The molecule has 0 bridgehead atoms. The molecule has 3 nitrogen and oxygen atoms in total. The van der Waals surface area contributed by atoms with Gasteiger partial charge in [0.25, 0.3) is 0 Å². The topological polar surface area (TPSA) is 54.7 Å². The van der Waals surface area contributed by atoms with Crippen LogP contribution in [0.2, 0.25) is 0 Å². The molecule has 0 radical (unpaired) electrons. The van der Waals surface area contributed by atoms with E-state index in [0.29, 0.717) is 6.54 Å². The lowest BCUT2D eigenvalue weighted by molar-refractivity contribution is 1.02. The van der Waals surface area contributed by atoms with Gasteiger partial charge in [0.2, 0.25) is 0 Å². The molecule has 3 N–H and O–H groups in total. The Kier molecular flexibility index (Phi) is 2.29. The molecule has 0 amide bonds. The van der Waals surface area contributed by atoms with Gasteiger partial charge in [-0.05, 0) is 13.8 Å². The van der Waals surface area contributed by atoms with Crippen LogP contribution in [-0.4, -0.2) is 16.7 Å².